The molecular weight excluding hydrogens is 344 g/mol. The monoisotopic (exact) mass is 394 g/mol. The summed E-state index contributed by atoms with van der Waals surface area (Å²) in [6.07, 6.45) is 29.4. The summed E-state index contributed by atoms with van der Waals surface area (Å²) in [5, 5.41) is 1.23. The maximum Gasteiger partial charge on any atom is 0.0230 e. The van der Waals surface area contributed by atoms with Crippen molar-refractivity contribution < 1.29 is 0 Å². The van der Waals surface area contributed by atoms with Gasteiger partial charge in [0.1, 0.15) is 0 Å². The van der Waals surface area contributed by atoms with Gasteiger partial charge in [-0.2, -0.15) is 0 Å². The van der Waals surface area contributed by atoms with Crippen molar-refractivity contribution in [1.29, 1.82) is 0 Å². The topological polar surface area (TPSA) is 0 Å². The van der Waals surface area contributed by atoms with Crippen LogP contribution in [0.3, 0.4) is 0 Å². The van der Waals surface area contributed by atoms with Gasteiger partial charge >= 0.3 is 0 Å². The first-order valence-electron chi connectivity index (χ1n) is 12.2. The van der Waals surface area contributed by atoms with E-state index in [4.69, 9.17) is 0 Å². The Kier molecular flexibility index (Phi) is 22.0. The predicted molar refractivity (Wildman–Crippen MR) is 130 cm³/mol. The molecule has 0 heterocycles. The van der Waals surface area contributed by atoms with Crippen LogP contribution in [0.15, 0.2) is 25.3 Å². The Morgan fingerprint density at radius 1 is 0.519 bits per heavy atom. The summed E-state index contributed by atoms with van der Waals surface area (Å²) in [6.45, 7) is 12.8. The van der Waals surface area contributed by atoms with E-state index < -0.39 is 0 Å². The molecule has 2 atom stereocenters. The molecule has 0 aliphatic rings. The third-order valence-electron chi connectivity index (χ3n) is 5.56. The van der Waals surface area contributed by atoms with Crippen molar-refractivity contribution in [2.24, 2.45) is 0 Å². The summed E-state index contributed by atoms with van der Waals surface area (Å²) >= 11 is 2.10. The number of rotatable bonds is 22. The number of thioether (sulfide) groups is 1. The lowest BCUT2D eigenvalue weighted by Gasteiger charge is -2.18. The van der Waals surface area contributed by atoms with Gasteiger partial charge in [0.2, 0.25) is 0 Å². The van der Waals surface area contributed by atoms with E-state index in [0.29, 0.717) is 10.5 Å². The van der Waals surface area contributed by atoms with Crippen LogP contribution in [0.2, 0.25) is 0 Å². The maximum absolute atomic E-state index is 4.09. The lowest BCUT2D eigenvalue weighted by atomic mass is 10.1. The van der Waals surface area contributed by atoms with Gasteiger partial charge in [0.25, 0.3) is 0 Å². The minimum absolute atomic E-state index is 0.613. The quantitative estimate of drug-likeness (QED) is 0.130. The molecule has 0 spiro atoms. The highest BCUT2D eigenvalue weighted by Crippen LogP contribution is 2.28. The van der Waals surface area contributed by atoms with Crippen LogP contribution in [0.5, 0.6) is 0 Å². The van der Waals surface area contributed by atoms with E-state index in [0.717, 1.165) is 0 Å². The van der Waals surface area contributed by atoms with Crippen molar-refractivity contribution in [3.05, 3.63) is 25.3 Å². The summed E-state index contributed by atoms with van der Waals surface area (Å²) < 4.78 is 0. The second-order valence-electron chi connectivity index (χ2n) is 8.21. The van der Waals surface area contributed by atoms with Gasteiger partial charge in [-0.15, -0.1) is 24.9 Å². The first-order chi connectivity index (χ1) is 13.3. The molecule has 0 aliphatic carbocycles. The molecule has 0 saturated heterocycles. The maximum atomic E-state index is 4.09. The van der Waals surface area contributed by atoms with Crippen molar-refractivity contribution >= 4 is 11.8 Å². The molecule has 0 radical (unpaired) electrons. The average molecular weight is 395 g/mol. The highest BCUT2D eigenvalue weighted by Gasteiger charge is 2.12. The van der Waals surface area contributed by atoms with Gasteiger partial charge in [-0.3, -0.25) is 0 Å². The zero-order chi connectivity index (χ0) is 20.0. The predicted octanol–water partition coefficient (Wildman–Crippen LogP) is 9.89. The van der Waals surface area contributed by atoms with Gasteiger partial charge in [-0.05, 0) is 12.8 Å². The van der Waals surface area contributed by atoms with Gasteiger partial charge in [0, 0.05) is 10.5 Å². The Morgan fingerprint density at radius 3 is 1.11 bits per heavy atom. The Balaban J connectivity index is 3.67. The standard InChI is InChI=1S/C26H50S/c1-5-9-11-13-15-17-19-21-23-25(7-3)27-26(8-4)24-22-20-18-16-14-12-10-6-2/h7-8,25-26H,3-6,9-24H2,1-2H3. The van der Waals surface area contributed by atoms with Crippen LogP contribution in [0, 0.1) is 0 Å². The molecule has 1 heteroatoms. The fraction of sp³-hybridized carbons (Fsp3) is 0.846. The van der Waals surface area contributed by atoms with Crippen molar-refractivity contribution in [2.75, 3.05) is 0 Å². The molecule has 0 amide bonds. The van der Waals surface area contributed by atoms with Crippen LogP contribution in [0.4, 0.5) is 0 Å². The van der Waals surface area contributed by atoms with E-state index in [1.54, 1.807) is 0 Å². The Labute approximate surface area is 177 Å². The third kappa shape index (κ3) is 18.9. The van der Waals surface area contributed by atoms with Crippen LogP contribution in [0.25, 0.3) is 0 Å². The molecule has 0 nitrogen and oxygen atoms in total. The van der Waals surface area contributed by atoms with Crippen LogP contribution < -0.4 is 0 Å². The number of hydrogen-bond acceptors (Lipinski definition) is 1. The van der Waals surface area contributed by atoms with E-state index in [2.05, 4.69) is 50.9 Å². The molecule has 0 bridgehead atoms. The molecule has 0 aromatic carbocycles. The fourth-order valence-electron chi connectivity index (χ4n) is 3.67. The SMILES string of the molecule is C=CC(CCCCCCCCCC)SC(C=C)CCCCCCCCCC. The van der Waals surface area contributed by atoms with Gasteiger partial charge < -0.3 is 0 Å². The summed E-state index contributed by atoms with van der Waals surface area (Å²) in [7, 11) is 0. The Hall–Kier alpha value is -0.170. The first-order valence-corrected chi connectivity index (χ1v) is 13.1. The van der Waals surface area contributed by atoms with Crippen molar-refractivity contribution in [2.45, 2.75) is 140 Å². The fourth-order valence-corrected chi connectivity index (χ4v) is 4.94. The normalized spacial score (nSPS) is 13.4. The number of hydrogen-bond donors (Lipinski definition) is 0. The molecular formula is C26H50S. The van der Waals surface area contributed by atoms with Crippen LogP contribution in [-0.2, 0) is 0 Å². The van der Waals surface area contributed by atoms with E-state index in [1.807, 2.05) is 0 Å². The van der Waals surface area contributed by atoms with Crippen molar-refractivity contribution in [3.63, 3.8) is 0 Å². The minimum atomic E-state index is 0.613. The van der Waals surface area contributed by atoms with Crippen LogP contribution in [-0.4, -0.2) is 10.5 Å². The average Bonchev–Trinajstić information content (AvgIpc) is 2.69. The summed E-state index contributed by atoms with van der Waals surface area (Å²) in [4.78, 5) is 0. The Bertz CT molecular complexity index is 279. The van der Waals surface area contributed by atoms with Crippen LogP contribution >= 0.6 is 11.8 Å². The second-order valence-corrected chi connectivity index (χ2v) is 9.69. The van der Waals surface area contributed by atoms with Gasteiger partial charge in [0.15, 0.2) is 0 Å². The van der Waals surface area contributed by atoms with Gasteiger partial charge in [0.05, 0.1) is 0 Å². The molecule has 0 fully saturated rings. The molecule has 0 rings (SSSR count). The summed E-state index contributed by atoms with van der Waals surface area (Å²) in [5.41, 5.74) is 0. The first kappa shape index (κ1) is 26.8. The summed E-state index contributed by atoms with van der Waals surface area (Å²) in [5.74, 6) is 0. The minimum Gasteiger partial charge on any atom is -0.147 e. The second kappa shape index (κ2) is 22.1. The Morgan fingerprint density at radius 2 is 0.815 bits per heavy atom. The molecule has 0 aliphatic heterocycles. The third-order valence-corrected chi connectivity index (χ3v) is 7.12. The largest absolute Gasteiger partial charge is 0.147 e. The smallest absolute Gasteiger partial charge is 0.0230 e. The molecule has 27 heavy (non-hydrogen) atoms. The zero-order valence-electron chi connectivity index (χ0n) is 18.9. The molecule has 0 N–H and O–H groups in total. The van der Waals surface area contributed by atoms with Gasteiger partial charge in [-0.25, -0.2) is 0 Å². The van der Waals surface area contributed by atoms with E-state index in [9.17, 15) is 0 Å². The lowest BCUT2D eigenvalue weighted by molar-refractivity contribution is 0.565. The zero-order valence-corrected chi connectivity index (χ0v) is 19.7. The molecule has 0 saturated carbocycles. The molecule has 160 valence electrons. The highest BCUT2D eigenvalue weighted by atomic mass is 32.2. The summed E-state index contributed by atoms with van der Waals surface area (Å²) in [6, 6.07) is 0. The molecule has 2 unspecified atom stereocenters. The molecule has 0 aromatic rings. The highest BCUT2D eigenvalue weighted by molar-refractivity contribution is 8.00. The van der Waals surface area contributed by atoms with Crippen molar-refractivity contribution in [1.82, 2.24) is 0 Å². The van der Waals surface area contributed by atoms with Crippen LogP contribution in [0.1, 0.15) is 129 Å². The van der Waals surface area contributed by atoms with E-state index in [1.165, 1.54) is 116 Å². The van der Waals surface area contributed by atoms with E-state index in [-0.39, 0.29) is 0 Å². The van der Waals surface area contributed by atoms with Crippen molar-refractivity contribution in [3.8, 4) is 0 Å². The number of unbranched alkanes of at least 4 members (excludes halogenated alkanes) is 14. The van der Waals surface area contributed by atoms with E-state index >= 15 is 0 Å². The van der Waals surface area contributed by atoms with Gasteiger partial charge in [-0.1, -0.05) is 129 Å². The lowest BCUT2D eigenvalue weighted by Crippen LogP contribution is -2.07. The molecule has 0 aromatic heterocycles.